The molecule has 2 aliphatic rings. The Balaban J connectivity index is 0.000000815. The maximum absolute atomic E-state index is 5.51. The van der Waals surface area contributed by atoms with Gasteiger partial charge in [0.05, 0.1) is 0 Å². The molecular formula is C18H29N5O. The fourth-order valence-electron chi connectivity index (χ4n) is 3.86. The zero-order valence-corrected chi connectivity index (χ0v) is 14.6. The predicted octanol–water partition coefficient (Wildman–Crippen LogP) is 2.94. The monoisotopic (exact) mass is 331 g/mol. The molecule has 3 heterocycles. The molecule has 1 aliphatic carbocycles. The summed E-state index contributed by atoms with van der Waals surface area (Å²) in [5.41, 5.74) is 7.04. The van der Waals surface area contributed by atoms with Gasteiger partial charge in [-0.25, -0.2) is 9.50 Å². The minimum absolute atomic E-state index is 0.560. The largest absolute Gasteiger partial charge is 0.381 e. The highest BCUT2D eigenvalue weighted by Gasteiger charge is 2.22. The van der Waals surface area contributed by atoms with Gasteiger partial charge in [-0.1, -0.05) is 19.3 Å². The van der Waals surface area contributed by atoms with Crippen LogP contribution in [-0.4, -0.2) is 40.9 Å². The first-order valence-electron chi connectivity index (χ1n) is 9.16. The van der Waals surface area contributed by atoms with Crippen molar-refractivity contribution in [1.82, 2.24) is 14.6 Å². The molecule has 0 atom stereocenters. The van der Waals surface area contributed by atoms with Gasteiger partial charge in [0.25, 0.3) is 0 Å². The van der Waals surface area contributed by atoms with Crippen LogP contribution < -0.4 is 11.1 Å². The van der Waals surface area contributed by atoms with Gasteiger partial charge in [-0.15, -0.1) is 0 Å². The molecule has 0 aromatic carbocycles. The fraction of sp³-hybridized carbons (Fsp3) is 0.667. The summed E-state index contributed by atoms with van der Waals surface area (Å²) >= 11 is 0. The lowest BCUT2D eigenvalue weighted by molar-refractivity contribution is 0.0856. The van der Waals surface area contributed by atoms with Crippen LogP contribution in [0.5, 0.6) is 0 Å². The van der Waals surface area contributed by atoms with Gasteiger partial charge in [0.2, 0.25) is 0 Å². The Morgan fingerprint density at radius 3 is 2.62 bits per heavy atom. The van der Waals surface area contributed by atoms with Crippen molar-refractivity contribution in [3.8, 4) is 0 Å². The summed E-state index contributed by atoms with van der Waals surface area (Å²) in [6.45, 7) is 1.72. The molecule has 0 bridgehead atoms. The molecule has 2 fully saturated rings. The van der Waals surface area contributed by atoms with Crippen molar-refractivity contribution in [2.75, 3.05) is 25.6 Å². The third-order valence-corrected chi connectivity index (χ3v) is 5.09. The minimum atomic E-state index is 0.560. The predicted molar refractivity (Wildman–Crippen MR) is 96.4 cm³/mol. The van der Waals surface area contributed by atoms with Gasteiger partial charge in [-0.3, -0.25) is 0 Å². The van der Waals surface area contributed by atoms with E-state index in [2.05, 4.69) is 33.4 Å². The molecular weight excluding hydrogens is 302 g/mol. The summed E-state index contributed by atoms with van der Waals surface area (Å²) in [5.74, 6) is 1.57. The van der Waals surface area contributed by atoms with Crippen molar-refractivity contribution in [3.63, 3.8) is 0 Å². The maximum Gasteiger partial charge on any atom is 0.154 e. The number of hydrogen-bond acceptors (Lipinski definition) is 5. The van der Waals surface area contributed by atoms with Crippen molar-refractivity contribution in [3.05, 3.63) is 24.2 Å². The summed E-state index contributed by atoms with van der Waals surface area (Å²) in [6.07, 6.45) is 12.4. The minimum Gasteiger partial charge on any atom is -0.381 e. The van der Waals surface area contributed by atoms with Crippen molar-refractivity contribution in [2.45, 2.75) is 56.9 Å². The molecule has 0 radical (unpaired) electrons. The van der Waals surface area contributed by atoms with Gasteiger partial charge in [-0.2, -0.15) is 5.10 Å². The van der Waals surface area contributed by atoms with E-state index in [1.54, 1.807) is 6.33 Å². The Labute approximate surface area is 143 Å². The highest BCUT2D eigenvalue weighted by molar-refractivity contribution is 5.73. The number of hydrogen-bond donors (Lipinski definition) is 2. The molecule has 2 aromatic heterocycles. The molecule has 132 valence electrons. The van der Waals surface area contributed by atoms with E-state index in [0.29, 0.717) is 12.0 Å². The number of nitrogens with one attached hydrogen (secondary N) is 1. The first-order valence-corrected chi connectivity index (χ1v) is 9.16. The zero-order chi connectivity index (χ0) is 16.8. The van der Waals surface area contributed by atoms with Crippen LogP contribution in [0.15, 0.2) is 18.6 Å². The van der Waals surface area contributed by atoms with E-state index < -0.39 is 0 Å². The number of nitrogens with two attached hydrogens (primary N) is 1. The highest BCUT2D eigenvalue weighted by atomic mass is 16.5. The SMILES string of the molecule is CN.c1nc(NC2CCCCC2)c2c(C3CCOCC3)ccn2n1. The average molecular weight is 331 g/mol. The quantitative estimate of drug-likeness (QED) is 0.904. The number of nitrogens with zero attached hydrogens (tertiary/aromatic N) is 3. The van der Waals surface area contributed by atoms with Gasteiger partial charge in [0.1, 0.15) is 11.8 Å². The fourth-order valence-corrected chi connectivity index (χ4v) is 3.86. The van der Waals surface area contributed by atoms with Crippen LogP contribution in [0, 0.1) is 0 Å². The lowest BCUT2D eigenvalue weighted by Gasteiger charge is -2.25. The number of ether oxygens (including phenoxy) is 1. The van der Waals surface area contributed by atoms with Gasteiger partial charge < -0.3 is 15.8 Å². The van der Waals surface area contributed by atoms with Gasteiger partial charge in [-0.05, 0) is 50.3 Å². The molecule has 1 saturated heterocycles. The van der Waals surface area contributed by atoms with Crippen LogP contribution in [0.2, 0.25) is 0 Å². The Bertz CT molecular complexity index is 629. The second kappa shape index (κ2) is 8.44. The number of aromatic nitrogens is 3. The van der Waals surface area contributed by atoms with E-state index >= 15 is 0 Å². The van der Waals surface area contributed by atoms with Crippen molar-refractivity contribution in [2.24, 2.45) is 5.73 Å². The third kappa shape index (κ3) is 3.70. The summed E-state index contributed by atoms with van der Waals surface area (Å²) in [5, 5.41) is 8.07. The van der Waals surface area contributed by atoms with Crippen LogP contribution in [-0.2, 0) is 4.74 Å². The highest BCUT2D eigenvalue weighted by Crippen LogP contribution is 2.33. The lowest BCUT2D eigenvalue weighted by Crippen LogP contribution is -2.23. The molecule has 1 saturated carbocycles. The molecule has 24 heavy (non-hydrogen) atoms. The van der Waals surface area contributed by atoms with Crippen molar-refractivity contribution >= 4 is 11.3 Å². The van der Waals surface area contributed by atoms with Crippen molar-refractivity contribution in [1.29, 1.82) is 0 Å². The number of rotatable bonds is 3. The molecule has 3 N–H and O–H groups in total. The lowest BCUT2D eigenvalue weighted by atomic mass is 9.92. The molecule has 2 aromatic rings. The molecule has 0 spiro atoms. The molecule has 6 heteroatoms. The second-order valence-electron chi connectivity index (χ2n) is 6.54. The molecule has 4 rings (SSSR count). The van der Waals surface area contributed by atoms with Crippen LogP contribution in [0.3, 0.4) is 0 Å². The second-order valence-corrected chi connectivity index (χ2v) is 6.54. The maximum atomic E-state index is 5.51. The first kappa shape index (κ1) is 17.2. The Kier molecular flexibility index (Phi) is 6.04. The first-order chi connectivity index (χ1) is 11.9. The smallest absolute Gasteiger partial charge is 0.154 e. The Morgan fingerprint density at radius 1 is 1.12 bits per heavy atom. The van der Waals surface area contributed by atoms with Crippen LogP contribution in [0.1, 0.15) is 56.4 Å². The summed E-state index contributed by atoms with van der Waals surface area (Å²) in [6, 6.07) is 2.77. The molecule has 0 unspecified atom stereocenters. The number of anilines is 1. The molecule has 6 nitrogen and oxygen atoms in total. The van der Waals surface area contributed by atoms with Gasteiger partial charge >= 0.3 is 0 Å². The van der Waals surface area contributed by atoms with Crippen molar-refractivity contribution < 1.29 is 4.74 Å². The topological polar surface area (TPSA) is 77.5 Å². The summed E-state index contributed by atoms with van der Waals surface area (Å²) < 4.78 is 7.48. The van der Waals surface area contributed by atoms with Crippen LogP contribution >= 0.6 is 0 Å². The Morgan fingerprint density at radius 2 is 1.88 bits per heavy atom. The normalized spacial score (nSPS) is 19.8. The van der Waals surface area contributed by atoms with Crippen LogP contribution in [0.4, 0.5) is 5.82 Å². The molecule has 1 aliphatic heterocycles. The van der Waals surface area contributed by atoms with Gasteiger partial charge in [0.15, 0.2) is 5.82 Å². The standard InChI is InChI=1S/C17H24N4O.CH5N/c1-2-4-14(5-3-1)20-17-16-15(13-7-10-22-11-8-13)6-9-21(16)19-12-18-17;1-2/h6,9,12-14H,1-5,7-8,10-11H2,(H,18,19,20);2H2,1H3. The molecule has 0 amide bonds. The van der Waals surface area contributed by atoms with Gasteiger partial charge in [0, 0.05) is 25.5 Å². The van der Waals surface area contributed by atoms with E-state index in [1.165, 1.54) is 50.2 Å². The van der Waals surface area contributed by atoms with E-state index in [9.17, 15) is 0 Å². The van der Waals surface area contributed by atoms with E-state index in [1.807, 2.05) is 4.52 Å². The third-order valence-electron chi connectivity index (χ3n) is 5.09. The zero-order valence-electron chi connectivity index (χ0n) is 14.6. The van der Waals surface area contributed by atoms with E-state index in [-0.39, 0.29) is 0 Å². The van der Waals surface area contributed by atoms with E-state index in [0.717, 1.165) is 31.9 Å². The summed E-state index contributed by atoms with van der Waals surface area (Å²) in [7, 11) is 1.50. The summed E-state index contributed by atoms with van der Waals surface area (Å²) in [4.78, 5) is 4.55. The average Bonchev–Trinajstić information content (AvgIpc) is 3.10. The van der Waals surface area contributed by atoms with Crippen LogP contribution in [0.25, 0.3) is 5.52 Å². The van der Waals surface area contributed by atoms with E-state index in [4.69, 9.17) is 4.74 Å². The Hall–Kier alpha value is -1.66. The number of fused-ring (bicyclic) bond motifs is 1.